The number of benzene rings is 1. The molecule has 1 heterocycles. The number of hydrogen-bond acceptors (Lipinski definition) is 4. The Morgan fingerprint density at radius 1 is 1.30 bits per heavy atom. The summed E-state index contributed by atoms with van der Waals surface area (Å²) in [5.41, 5.74) is 0.214. The van der Waals surface area contributed by atoms with Crippen LogP contribution < -0.4 is 4.72 Å². The molecule has 0 unspecified atom stereocenters. The van der Waals surface area contributed by atoms with Gasteiger partial charge in [0.1, 0.15) is 0 Å². The first-order valence-corrected chi connectivity index (χ1v) is 7.76. The highest BCUT2D eigenvalue weighted by molar-refractivity contribution is 9.10. The maximum atomic E-state index is 12.0. The van der Waals surface area contributed by atoms with Crippen molar-refractivity contribution in [1.29, 1.82) is 0 Å². The predicted molar refractivity (Wildman–Crippen MR) is 75.6 cm³/mol. The van der Waals surface area contributed by atoms with Gasteiger partial charge in [0.2, 0.25) is 10.9 Å². The number of carbonyl (C=O) groups is 1. The summed E-state index contributed by atoms with van der Waals surface area (Å²) < 4.78 is 31.6. The molecule has 0 spiro atoms. The first-order chi connectivity index (χ1) is 9.29. The van der Waals surface area contributed by atoms with Crippen LogP contribution in [-0.2, 0) is 10.0 Å². The number of sulfonamides is 1. The smallest absolute Gasteiger partial charge is 0.371 e. The second kappa shape index (κ2) is 5.47. The van der Waals surface area contributed by atoms with E-state index in [1.807, 2.05) is 0 Å². The van der Waals surface area contributed by atoms with E-state index in [1.54, 1.807) is 12.1 Å². The standard InChI is InChI=1S/C11H7BrClNO5S/c12-7-2-1-6(13)5-8(7)14-20(17,18)10-4-3-9(19-10)11(15)16/h1-5,14H,(H,15,16). The lowest BCUT2D eigenvalue weighted by Gasteiger charge is -2.08. The number of anilines is 1. The first kappa shape index (κ1) is 14.9. The van der Waals surface area contributed by atoms with Gasteiger partial charge >= 0.3 is 5.97 Å². The largest absolute Gasteiger partial charge is 0.475 e. The fourth-order valence-corrected chi connectivity index (χ4v) is 3.01. The Bertz CT molecular complexity index is 771. The monoisotopic (exact) mass is 379 g/mol. The minimum absolute atomic E-state index is 0.214. The SMILES string of the molecule is O=C(O)c1ccc(S(=O)(=O)Nc2cc(Cl)ccc2Br)o1. The van der Waals surface area contributed by atoms with Gasteiger partial charge in [-0.05, 0) is 46.3 Å². The molecule has 0 amide bonds. The maximum Gasteiger partial charge on any atom is 0.371 e. The molecule has 0 aliphatic carbocycles. The van der Waals surface area contributed by atoms with Gasteiger partial charge in [0.15, 0.2) is 0 Å². The van der Waals surface area contributed by atoms with Crippen molar-refractivity contribution in [3.63, 3.8) is 0 Å². The van der Waals surface area contributed by atoms with Crippen LogP contribution in [0, 0.1) is 0 Å². The predicted octanol–water partition coefficient (Wildman–Crippen LogP) is 3.19. The molecule has 0 aliphatic rings. The Hall–Kier alpha value is -1.51. The molecule has 0 bridgehead atoms. The average Bonchev–Trinajstić information content (AvgIpc) is 2.84. The highest BCUT2D eigenvalue weighted by Gasteiger charge is 2.22. The number of furan rings is 1. The zero-order chi connectivity index (χ0) is 14.9. The van der Waals surface area contributed by atoms with E-state index in [4.69, 9.17) is 21.1 Å². The van der Waals surface area contributed by atoms with Gasteiger partial charge in [-0.3, -0.25) is 4.72 Å². The number of rotatable bonds is 4. The minimum Gasteiger partial charge on any atom is -0.475 e. The van der Waals surface area contributed by atoms with Crippen LogP contribution in [0.3, 0.4) is 0 Å². The van der Waals surface area contributed by atoms with E-state index in [0.29, 0.717) is 9.50 Å². The number of aromatic carboxylic acids is 1. The number of nitrogens with one attached hydrogen (secondary N) is 1. The third-order valence-corrected chi connectivity index (χ3v) is 4.39. The van der Waals surface area contributed by atoms with Crippen molar-refractivity contribution in [3.05, 3.63) is 45.6 Å². The summed E-state index contributed by atoms with van der Waals surface area (Å²) in [6, 6.07) is 6.68. The number of carboxylic acids is 1. The molecule has 6 nitrogen and oxygen atoms in total. The van der Waals surface area contributed by atoms with E-state index >= 15 is 0 Å². The van der Waals surface area contributed by atoms with Gasteiger partial charge in [-0.25, -0.2) is 4.79 Å². The van der Waals surface area contributed by atoms with Crippen LogP contribution in [0.25, 0.3) is 0 Å². The summed E-state index contributed by atoms with van der Waals surface area (Å²) in [5.74, 6) is -1.81. The van der Waals surface area contributed by atoms with Crippen molar-refractivity contribution in [3.8, 4) is 0 Å². The summed E-state index contributed by atoms with van der Waals surface area (Å²) in [4.78, 5) is 10.7. The summed E-state index contributed by atoms with van der Waals surface area (Å²) in [5, 5.41) is 8.55. The lowest BCUT2D eigenvalue weighted by molar-refractivity contribution is 0.0656. The van der Waals surface area contributed by atoms with E-state index in [-0.39, 0.29) is 5.69 Å². The number of hydrogen-bond donors (Lipinski definition) is 2. The van der Waals surface area contributed by atoms with Gasteiger partial charge in [0.25, 0.3) is 10.0 Å². The Morgan fingerprint density at radius 3 is 2.60 bits per heavy atom. The van der Waals surface area contributed by atoms with Crippen LogP contribution in [0.2, 0.25) is 5.02 Å². The van der Waals surface area contributed by atoms with E-state index in [2.05, 4.69) is 20.7 Å². The Kier molecular flexibility index (Phi) is 4.07. The Labute approximate surface area is 127 Å². The van der Waals surface area contributed by atoms with E-state index in [9.17, 15) is 13.2 Å². The highest BCUT2D eigenvalue weighted by Crippen LogP contribution is 2.28. The fourth-order valence-electron chi connectivity index (χ4n) is 1.35. The third-order valence-electron chi connectivity index (χ3n) is 2.23. The normalized spacial score (nSPS) is 11.3. The number of carboxylic acid groups (broad SMARTS) is 1. The summed E-state index contributed by atoms with van der Waals surface area (Å²) in [7, 11) is -4.03. The fraction of sp³-hybridized carbons (Fsp3) is 0. The molecule has 0 aliphatic heterocycles. The van der Waals surface area contributed by atoms with Crippen LogP contribution in [0.4, 0.5) is 5.69 Å². The van der Waals surface area contributed by atoms with Crippen molar-refractivity contribution < 1.29 is 22.7 Å². The van der Waals surface area contributed by atoms with Crippen LogP contribution in [0.5, 0.6) is 0 Å². The zero-order valence-electron chi connectivity index (χ0n) is 9.63. The maximum absolute atomic E-state index is 12.0. The molecule has 2 rings (SSSR count). The summed E-state index contributed by atoms with van der Waals surface area (Å²) in [6.07, 6.45) is 0. The first-order valence-electron chi connectivity index (χ1n) is 5.10. The second-order valence-electron chi connectivity index (χ2n) is 3.65. The van der Waals surface area contributed by atoms with Crippen molar-refractivity contribution in [1.82, 2.24) is 0 Å². The molecule has 9 heteroatoms. The Balaban J connectivity index is 2.35. The Morgan fingerprint density at radius 2 is 2.00 bits per heavy atom. The van der Waals surface area contributed by atoms with Gasteiger partial charge in [0.05, 0.1) is 5.69 Å². The molecule has 0 saturated carbocycles. The average molecular weight is 381 g/mol. The van der Waals surface area contributed by atoms with Gasteiger partial charge in [-0.1, -0.05) is 11.6 Å². The molecular weight excluding hydrogens is 374 g/mol. The van der Waals surface area contributed by atoms with Crippen molar-refractivity contribution in [2.75, 3.05) is 4.72 Å². The minimum atomic E-state index is -4.03. The topological polar surface area (TPSA) is 96.6 Å². The quantitative estimate of drug-likeness (QED) is 0.849. The summed E-state index contributed by atoms with van der Waals surface area (Å²) >= 11 is 8.95. The van der Waals surface area contributed by atoms with Crippen molar-refractivity contribution >= 4 is 49.2 Å². The van der Waals surface area contributed by atoms with Gasteiger partial charge < -0.3 is 9.52 Å². The van der Waals surface area contributed by atoms with E-state index in [0.717, 1.165) is 12.1 Å². The van der Waals surface area contributed by atoms with E-state index in [1.165, 1.54) is 6.07 Å². The highest BCUT2D eigenvalue weighted by atomic mass is 79.9. The molecule has 0 fully saturated rings. The summed E-state index contributed by atoms with van der Waals surface area (Å²) in [6.45, 7) is 0. The molecule has 106 valence electrons. The lowest BCUT2D eigenvalue weighted by Crippen LogP contribution is -2.12. The van der Waals surface area contributed by atoms with Gasteiger partial charge in [0, 0.05) is 9.50 Å². The van der Waals surface area contributed by atoms with Crippen molar-refractivity contribution in [2.24, 2.45) is 0 Å². The molecule has 2 aromatic rings. The van der Waals surface area contributed by atoms with Crippen molar-refractivity contribution in [2.45, 2.75) is 5.09 Å². The van der Waals surface area contributed by atoms with Crippen LogP contribution in [0.1, 0.15) is 10.6 Å². The zero-order valence-corrected chi connectivity index (χ0v) is 12.8. The number of halogens is 2. The third kappa shape index (κ3) is 3.14. The second-order valence-corrected chi connectivity index (χ2v) is 6.56. The van der Waals surface area contributed by atoms with Gasteiger partial charge in [-0.2, -0.15) is 8.42 Å². The van der Waals surface area contributed by atoms with Crippen LogP contribution >= 0.6 is 27.5 Å². The van der Waals surface area contributed by atoms with Crippen LogP contribution in [-0.4, -0.2) is 19.5 Å². The lowest BCUT2D eigenvalue weighted by atomic mass is 10.3. The molecule has 20 heavy (non-hydrogen) atoms. The molecule has 0 radical (unpaired) electrons. The molecule has 1 aromatic heterocycles. The van der Waals surface area contributed by atoms with E-state index < -0.39 is 26.8 Å². The molecular formula is C11H7BrClNO5S. The van der Waals surface area contributed by atoms with Crippen LogP contribution in [0.15, 0.2) is 44.3 Å². The molecule has 0 atom stereocenters. The van der Waals surface area contributed by atoms with Gasteiger partial charge in [-0.15, -0.1) is 0 Å². The molecule has 2 N–H and O–H groups in total. The molecule has 1 aromatic carbocycles. The molecule has 0 saturated heterocycles.